The number of hydrogen-bond acceptors (Lipinski definition) is 6. The summed E-state index contributed by atoms with van der Waals surface area (Å²) >= 11 is 0. The van der Waals surface area contributed by atoms with Crippen LogP contribution in [-0.2, 0) is 23.9 Å². The van der Waals surface area contributed by atoms with Crippen molar-refractivity contribution in [3.05, 3.63) is 59.7 Å². The summed E-state index contributed by atoms with van der Waals surface area (Å²) in [5.41, 5.74) is 5.90. The second-order valence-corrected chi connectivity index (χ2v) is 9.00. The van der Waals surface area contributed by atoms with E-state index in [1.54, 1.807) is 0 Å². The van der Waals surface area contributed by atoms with Crippen LogP contribution in [0.3, 0.4) is 0 Å². The summed E-state index contributed by atoms with van der Waals surface area (Å²) in [4.78, 5) is 41.8. The topological polar surface area (TPSA) is 123 Å². The Morgan fingerprint density at radius 3 is 2.20 bits per heavy atom. The lowest BCUT2D eigenvalue weighted by molar-refractivity contribution is -0.168. The van der Waals surface area contributed by atoms with Crippen molar-refractivity contribution in [2.75, 3.05) is 26.9 Å². The lowest BCUT2D eigenvalue weighted by atomic mass is 9.85. The maximum atomic E-state index is 12.9. The average molecular weight is 483 g/mol. The number of methoxy groups -OCH3 is 1. The average Bonchev–Trinajstić information content (AvgIpc) is 3.47. The van der Waals surface area contributed by atoms with Gasteiger partial charge in [0, 0.05) is 19.6 Å². The van der Waals surface area contributed by atoms with Crippen molar-refractivity contribution < 1.29 is 33.8 Å². The minimum Gasteiger partial charge on any atom is -0.479 e. The molecule has 1 saturated carbocycles. The molecule has 3 N–H and O–H groups in total. The molecule has 0 spiro atoms. The number of hydroxylamine groups is 1. The number of ether oxygens (including phenoxy) is 2. The zero-order valence-corrected chi connectivity index (χ0v) is 19.6. The number of carboxylic acid groups (broad SMARTS) is 1. The van der Waals surface area contributed by atoms with E-state index in [1.165, 1.54) is 7.11 Å². The van der Waals surface area contributed by atoms with Crippen molar-refractivity contribution in [3.8, 4) is 11.1 Å². The van der Waals surface area contributed by atoms with E-state index in [0.29, 0.717) is 12.8 Å². The highest BCUT2D eigenvalue weighted by molar-refractivity contribution is 5.83. The van der Waals surface area contributed by atoms with Crippen molar-refractivity contribution in [1.82, 2.24) is 10.8 Å². The zero-order valence-electron chi connectivity index (χ0n) is 19.6. The second-order valence-electron chi connectivity index (χ2n) is 9.00. The number of hydrogen-bond donors (Lipinski definition) is 3. The highest BCUT2D eigenvalue weighted by Gasteiger charge is 2.42. The predicted octanol–water partition coefficient (Wildman–Crippen LogP) is 3.23. The summed E-state index contributed by atoms with van der Waals surface area (Å²) in [6, 6.07) is 16.2. The Labute approximate surface area is 203 Å². The molecule has 0 bridgehead atoms. The van der Waals surface area contributed by atoms with Gasteiger partial charge in [0.25, 0.3) is 5.91 Å². The van der Waals surface area contributed by atoms with Gasteiger partial charge in [0.05, 0.1) is 12.0 Å². The maximum Gasteiger partial charge on any atom is 0.407 e. The van der Waals surface area contributed by atoms with Crippen molar-refractivity contribution in [3.63, 3.8) is 0 Å². The quantitative estimate of drug-likeness (QED) is 0.444. The molecule has 9 nitrogen and oxygen atoms in total. The molecule has 2 amide bonds. The molecule has 2 aromatic carbocycles. The third kappa shape index (κ3) is 5.31. The lowest BCUT2D eigenvalue weighted by Gasteiger charge is -2.28. The molecule has 1 fully saturated rings. The molecule has 1 atom stereocenters. The summed E-state index contributed by atoms with van der Waals surface area (Å²) in [6.07, 6.45) is 0.814. The van der Waals surface area contributed by atoms with Gasteiger partial charge in [0.15, 0.2) is 0 Å². The Hall–Kier alpha value is -3.43. The summed E-state index contributed by atoms with van der Waals surface area (Å²) < 4.78 is 10.4. The van der Waals surface area contributed by atoms with Crippen LogP contribution in [-0.4, -0.2) is 56.0 Å². The zero-order chi connectivity index (χ0) is 24.8. The van der Waals surface area contributed by atoms with E-state index in [1.807, 2.05) is 36.4 Å². The number of fused-ring (bicyclic) bond motifs is 3. The van der Waals surface area contributed by atoms with Gasteiger partial charge in [-0.2, -0.15) is 0 Å². The number of benzene rings is 2. The van der Waals surface area contributed by atoms with E-state index in [0.717, 1.165) is 35.1 Å². The molecule has 0 saturated heterocycles. The van der Waals surface area contributed by atoms with Crippen molar-refractivity contribution >= 4 is 18.0 Å². The third-order valence-corrected chi connectivity index (χ3v) is 6.84. The van der Waals surface area contributed by atoms with E-state index in [-0.39, 0.29) is 25.7 Å². The maximum absolute atomic E-state index is 12.9. The Balaban J connectivity index is 1.34. The van der Waals surface area contributed by atoms with E-state index in [9.17, 15) is 14.4 Å². The van der Waals surface area contributed by atoms with Gasteiger partial charge in [0.1, 0.15) is 6.61 Å². The first-order chi connectivity index (χ1) is 16.9. The molecule has 2 aliphatic rings. The molecule has 4 rings (SSSR count). The Morgan fingerprint density at radius 1 is 1.03 bits per heavy atom. The summed E-state index contributed by atoms with van der Waals surface area (Å²) in [5, 5.41) is 11.9. The number of carbonyl (C=O) groups excluding carboxylic acids is 2. The van der Waals surface area contributed by atoms with Crippen LogP contribution in [0.4, 0.5) is 4.79 Å². The van der Waals surface area contributed by atoms with Crippen molar-refractivity contribution in [2.24, 2.45) is 5.41 Å². The first kappa shape index (κ1) is 24.7. The highest BCUT2D eigenvalue weighted by Crippen LogP contribution is 2.44. The minimum atomic E-state index is -1.32. The van der Waals surface area contributed by atoms with Gasteiger partial charge in [-0.1, -0.05) is 61.4 Å². The fourth-order valence-electron chi connectivity index (χ4n) is 4.97. The first-order valence-corrected chi connectivity index (χ1v) is 11.7. The smallest absolute Gasteiger partial charge is 0.407 e. The standard InChI is InChI=1S/C26H30N2O7/c1-33-15-22(23(29)30)35-28-24(31)26(12-6-7-13-26)16-27-25(32)34-14-21-19-10-4-2-8-17(19)18-9-3-5-11-20(18)21/h2-5,8-11,21-22H,6-7,12-16H2,1H3,(H,27,32)(H,28,31)(H,29,30). The number of amides is 2. The van der Waals surface area contributed by atoms with Gasteiger partial charge < -0.3 is 19.9 Å². The number of aliphatic carboxylic acids is 1. The SMILES string of the molecule is COCC(ONC(=O)C1(CNC(=O)OCC2c3ccccc3-c3ccccc32)CCCC1)C(=O)O. The molecular weight excluding hydrogens is 452 g/mol. The minimum absolute atomic E-state index is 0.0565. The van der Waals surface area contributed by atoms with Gasteiger partial charge >= 0.3 is 12.1 Å². The van der Waals surface area contributed by atoms with Gasteiger partial charge in [-0.05, 0) is 35.1 Å². The molecular formula is C26H30N2O7. The second kappa shape index (κ2) is 10.9. The molecule has 0 aromatic heterocycles. The van der Waals surface area contributed by atoms with Crippen LogP contribution >= 0.6 is 0 Å². The molecule has 9 heteroatoms. The fourth-order valence-corrected chi connectivity index (χ4v) is 4.97. The molecule has 2 aliphatic carbocycles. The van der Waals surface area contributed by atoms with E-state index < -0.39 is 29.5 Å². The largest absolute Gasteiger partial charge is 0.479 e. The van der Waals surface area contributed by atoms with E-state index >= 15 is 0 Å². The normalized spacial score (nSPS) is 16.7. The molecule has 0 radical (unpaired) electrons. The molecule has 186 valence electrons. The molecule has 35 heavy (non-hydrogen) atoms. The van der Waals surface area contributed by atoms with Gasteiger partial charge in [-0.15, -0.1) is 0 Å². The lowest BCUT2D eigenvalue weighted by Crippen LogP contribution is -2.49. The summed E-state index contributed by atoms with van der Waals surface area (Å²) in [5.74, 6) is -1.76. The van der Waals surface area contributed by atoms with Gasteiger partial charge in [0.2, 0.25) is 6.10 Å². The number of carbonyl (C=O) groups is 3. The fraction of sp³-hybridized carbons (Fsp3) is 0.423. The number of nitrogens with one attached hydrogen (secondary N) is 2. The van der Waals surface area contributed by atoms with Crippen LogP contribution in [0.5, 0.6) is 0 Å². The molecule has 1 unspecified atom stereocenters. The van der Waals surface area contributed by atoms with Gasteiger partial charge in [-0.3, -0.25) is 9.63 Å². The van der Waals surface area contributed by atoms with E-state index in [4.69, 9.17) is 19.4 Å². The Bertz CT molecular complexity index is 1040. The molecule has 0 heterocycles. The predicted molar refractivity (Wildman–Crippen MR) is 127 cm³/mol. The van der Waals surface area contributed by atoms with Gasteiger partial charge in [-0.25, -0.2) is 15.1 Å². The summed E-state index contributed by atoms with van der Waals surface area (Å²) in [6.45, 7) is 0.0426. The molecule has 2 aromatic rings. The van der Waals surface area contributed by atoms with Crippen LogP contribution in [0.15, 0.2) is 48.5 Å². The van der Waals surface area contributed by atoms with Crippen LogP contribution in [0.1, 0.15) is 42.7 Å². The number of carboxylic acids is 1. The Morgan fingerprint density at radius 2 is 1.63 bits per heavy atom. The van der Waals surface area contributed by atoms with Crippen molar-refractivity contribution in [1.29, 1.82) is 0 Å². The number of rotatable bonds is 10. The Kier molecular flexibility index (Phi) is 7.67. The monoisotopic (exact) mass is 482 g/mol. The van der Waals surface area contributed by atoms with E-state index in [2.05, 4.69) is 22.9 Å². The van der Waals surface area contributed by atoms with Crippen LogP contribution < -0.4 is 10.8 Å². The van der Waals surface area contributed by atoms with Crippen LogP contribution in [0.2, 0.25) is 0 Å². The van der Waals surface area contributed by atoms with Crippen molar-refractivity contribution in [2.45, 2.75) is 37.7 Å². The van der Waals surface area contributed by atoms with Crippen LogP contribution in [0.25, 0.3) is 11.1 Å². The summed E-state index contributed by atoms with van der Waals surface area (Å²) in [7, 11) is 1.35. The number of alkyl carbamates (subject to hydrolysis) is 1. The third-order valence-electron chi connectivity index (χ3n) is 6.84. The first-order valence-electron chi connectivity index (χ1n) is 11.7. The highest BCUT2D eigenvalue weighted by atomic mass is 16.7. The molecule has 0 aliphatic heterocycles. The van der Waals surface area contributed by atoms with Crippen LogP contribution in [0, 0.1) is 5.41 Å².